The fraction of sp³-hybridized carbons (Fsp3) is 0.318. The standard InChI is InChI=1S/C22H25FN6O.HI/c1-15-12-29(13-20(30-15)17-6-8-19(23)9-7-17)22(24-2)25-11-16-4-3-5-18(10-16)21-26-14-27-28-21;/h3-10,14-15,20H,11-13H2,1-2H3,(H,24,25)(H,26,27,28);1H. The van der Waals surface area contributed by atoms with Crippen molar-refractivity contribution in [2.75, 3.05) is 20.1 Å². The molecule has 2 heterocycles. The number of hydrogen-bond donors (Lipinski definition) is 2. The molecule has 2 N–H and O–H groups in total. The Labute approximate surface area is 198 Å². The van der Waals surface area contributed by atoms with Gasteiger partial charge in [-0.15, -0.1) is 24.0 Å². The lowest BCUT2D eigenvalue weighted by Crippen LogP contribution is -2.50. The van der Waals surface area contributed by atoms with Gasteiger partial charge in [-0.3, -0.25) is 10.1 Å². The highest BCUT2D eigenvalue weighted by Crippen LogP contribution is 2.25. The third-order valence-electron chi connectivity index (χ3n) is 5.08. The number of nitrogens with zero attached hydrogens (tertiary/aromatic N) is 4. The zero-order valence-electron chi connectivity index (χ0n) is 17.5. The summed E-state index contributed by atoms with van der Waals surface area (Å²) in [6, 6.07) is 14.6. The average molecular weight is 536 g/mol. The number of halogens is 2. The first-order valence-corrected chi connectivity index (χ1v) is 9.93. The van der Waals surface area contributed by atoms with Gasteiger partial charge in [0.2, 0.25) is 0 Å². The van der Waals surface area contributed by atoms with E-state index in [-0.39, 0.29) is 42.0 Å². The maximum atomic E-state index is 13.3. The third kappa shape index (κ3) is 5.79. The number of hydrogen-bond acceptors (Lipinski definition) is 4. The second-order valence-electron chi connectivity index (χ2n) is 7.33. The fourth-order valence-corrected chi connectivity index (χ4v) is 3.67. The Morgan fingerprint density at radius 3 is 2.77 bits per heavy atom. The van der Waals surface area contributed by atoms with Gasteiger partial charge in [-0.2, -0.15) is 5.10 Å². The van der Waals surface area contributed by atoms with Crippen LogP contribution in [0.2, 0.25) is 0 Å². The van der Waals surface area contributed by atoms with Gasteiger partial charge in [-0.05, 0) is 36.2 Å². The van der Waals surface area contributed by atoms with E-state index in [0.717, 1.165) is 35.0 Å². The Morgan fingerprint density at radius 1 is 1.26 bits per heavy atom. The molecule has 0 spiro atoms. The van der Waals surface area contributed by atoms with Gasteiger partial charge in [-0.1, -0.05) is 30.3 Å². The Bertz CT molecular complexity index is 996. The number of ether oxygens (including phenoxy) is 1. The first-order chi connectivity index (χ1) is 14.6. The molecule has 31 heavy (non-hydrogen) atoms. The predicted octanol–water partition coefficient (Wildman–Crippen LogP) is 3.77. The molecule has 164 valence electrons. The number of rotatable bonds is 4. The SMILES string of the molecule is CN=C(NCc1cccc(-c2ncn[nH]2)c1)N1CC(C)OC(c2ccc(F)cc2)C1.I. The molecular formula is C22H26FIN6O. The van der Waals surface area contributed by atoms with Crippen LogP contribution in [0, 0.1) is 5.82 Å². The van der Waals surface area contributed by atoms with Crippen LogP contribution in [0.15, 0.2) is 59.9 Å². The second kappa shape index (κ2) is 10.7. The number of nitrogens with one attached hydrogen (secondary N) is 2. The van der Waals surface area contributed by atoms with Crippen molar-refractivity contribution >= 4 is 29.9 Å². The van der Waals surface area contributed by atoms with Crippen molar-refractivity contribution in [3.63, 3.8) is 0 Å². The number of morpholine rings is 1. The summed E-state index contributed by atoms with van der Waals surface area (Å²) in [7, 11) is 1.78. The number of aromatic amines is 1. The van der Waals surface area contributed by atoms with Gasteiger partial charge < -0.3 is 15.0 Å². The quantitative estimate of drug-likeness (QED) is 0.302. The molecule has 0 saturated carbocycles. The van der Waals surface area contributed by atoms with Crippen molar-refractivity contribution in [1.29, 1.82) is 0 Å². The van der Waals surface area contributed by atoms with Gasteiger partial charge in [-0.25, -0.2) is 9.37 Å². The summed E-state index contributed by atoms with van der Waals surface area (Å²) in [6.45, 7) is 4.04. The van der Waals surface area contributed by atoms with Crippen LogP contribution >= 0.6 is 24.0 Å². The minimum absolute atomic E-state index is 0. The van der Waals surface area contributed by atoms with E-state index in [2.05, 4.69) is 42.5 Å². The zero-order valence-corrected chi connectivity index (χ0v) is 19.8. The summed E-state index contributed by atoms with van der Waals surface area (Å²) in [5, 5.41) is 10.2. The monoisotopic (exact) mass is 536 g/mol. The van der Waals surface area contributed by atoms with E-state index >= 15 is 0 Å². The molecule has 0 amide bonds. The van der Waals surface area contributed by atoms with Crippen LogP contribution < -0.4 is 5.32 Å². The number of guanidine groups is 1. The third-order valence-corrected chi connectivity index (χ3v) is 5.08. The lowest BCUT2D eigenvalue weighted by Gasteiger charge is -2.38. The van der Waals surface area contributed by atoms with Gasteiger partial charge in [0, 0.05) is 25.7 Å². The van der Waals surface area contributed by atoms with Crippen LogP contribution in [0.1, 0.15) is 24.2 Å². The number of benzene rings is 2. The van der Waals surface area contributed by atoms with Crippen molar-refractivity contribution in [1.82, 2.24) is 25.4 Å². The van der Waals surface area contributed by atoms with Crippen molar-refractivity contribution in [2.45, 2.75) is 25.7 Å². The predicted molar refractivity (Wildman–Crippen MR) is 129 cm³/mol. The Kier molecular flexibility index (Phi) is 7.97. The normalized spacial score (nSPS) is 19.1. The van der Waals surface area contributed by atoms with Gasteiger partial charge >= 0.3 is 0 Å². The fourth-order valence-electron chi connectivity index (χ4n) is 3.67. The number of H-pyrrole nitrogens is 1. The summed E-state index contributed by atoms with van der Waals surface area (Å²) < 4.78 is 19.4. The van der Waals surface area contributed by atoms with E-state index < -0.39 is 0 Å². The molecule has 0 bridgehead atoms. The highest BCUT2D eigenvalue weighted by atomic mass is 127. The maximum absolute atomic E-state index is 13.3. The lowest BCUT2D eigenvalue weighted by molar-refractivity contribution is -0.0605. The molecule has 7 nitrogen and oxygen atoms in total. The molecule has 1 aromatic heterocycles. The Morgan fingerprint density at radius 2 is 2.06 bits per heavy atom. The van der Waals surface area contributed by atoms with Crippen molar-refractivity contribution in [3.05, 3.63) is 71.8 Å². The van der Waals surface area contributed by atoms with Gasteiger partial charge in [0.05, 0.1) is 12.6 Å². The average Bonchev–Trinajstić information content (AvgIpc) is 3.30. The van der Waals surface area contributed by atoms with E-state index in [1.165, 1.54) is 18.5 Å². The Hall–Kier alpha value is -2.53. The largest absolute Gasteiger partial charge is 0.367 e. The summed E-state index contributed by atoms with van der Waals surface area (Å²) >= 11 is 0. The second-order valence-corrected chi connectivity index (χ2v) is 7.33. The molecule has 1 aliphatic heterocycles. The van der Waals surface area contributed by atoms with Crippen molar-refractivity contribution < 1.29 is 9.13 Å². The first-order valence-electron chi connectivity index (χ1n) is 9.93. The summed E-state index contributed by atoms with van der Waals surface area (Å²) in [5.74, 6) is 1.30. The number of aliphatic imine (C=N–C) groups is 1. The molecule has 0 radical (unpaired) electrons. The molecule has 3 aromatic rings. The molecule has 4 rings (SSSR count). The molecule has 0 aliphatic carbocycles. The van der Waals surface area contributed by atoms with E-state index in [1.54, 1.807) is 19.2 Å². The zero-order chi connectivity index (χ0) is 20.9. The van der Waals surface area contributed by atoms with Crippen molar-refractivity contribution in [3.8, 4) is 11.4 Å². The van der Waals surface area contributed by atoms with Gasteiger partial charge in [0.1, 0.15) is 18.2 Å². The Balaban J connectivity index is 0.00000272. The van der Waals surface area contributed by atoms with E-state index in [9.17, 15) is 4.39 Å². The minimum atomic E-state index is -0.246. The summed E-state index contributed by atoms with van der Waals surface area (Å²) in [5.41, 5.74) is 3.06. The molecule has 1 fully saturated rings. The smallest absolute Gasteiger partial charge is 0.194 e. The van der Waals surface area contributed by atoms with E-state index in [1.807, 2.05) is 19.1 Å². The van der Waals surface area contributed by atoms with Crippen LogP contribution in [0.3, 0.4) is 0 Å². The molecule has 9 heteroatoms. The summed E-state index contributed by atoms with van der Waals surface area (Å²) in [4.78, 5) is 10.9. The molecule has 2 unspecified atom stereocenters. The highest BCUT2D eigenvalue weighted by Gasteiger charge is 2.28. The lowest BCUT2D eigenvalue weighted by atomic mass is 10.1. The highest BCUT2D eigenvalue weighted by molar-refractivity contribution is 14.0. The van der Waals surface area contributed by atoms with E-state index in [4.69, 9.17) is 4.74 Å². The maximum Gasteiger partial charge on any atom is 0.194 e. The molecular weight excluding hydrogens is 510 g/mol. The summed E-state index contributed by atoms with van der Waals surface area (Å²) in [6.07, 6.45) is 1.39. The van der Waals surface area contributed by atoms with E-state index in [0.29, 0.717) is 13.1 Å². The number of aromatic nitrogens is 3. The molecule has 2 aromatic carbocycles. The van der Waals surface area contributed by atoms with Gasteiger partial charge in [0.15, 0.2) is 11.8 Å². The van der Waals surface area contributed by atoms with Gasteiger partial charge in [0.25, 0.3) is 0 Å². The minimum Gasteiger partial charge on any atom is -0.367 e. The van der Waals surface area contributed by atoms with Crippen molar-refractivity contribution in [2.24, 2.45) is 4.99 Å². The molecule has 2 atom stereocenters. The van der Waals surface area contributed by atoms with Crippen LogP contribution in [-0.2, 0) is 11.3 Å². The molecule has 1 aliphatic rings. The molecule has 1 saturated heterocycles. The topological polar surface area (TPSA) is 78.4 Å². The van der Waals surface area contributed by atoms with Crippen LogP contribution in [0.5, 0.6) is 0 Å². The van der Waals surface area contributed by atoms with Crippen LogP contribution in [0.25, 0.3) is 11.4 Å². The van der Waals surface area contributed by atoms with Crippen LogP contribution in [-0.4, -0.2) is 52.3 Å². The van der Waals surface area contributed by atoms with Crippen LogP contribution in [0.4, 0.5) is 4.39 Å². The first kappa shape index (κ1) is 23.1.